The fraction of sp³-hybridized carbons (Fsp3) is 0.100. The van der Waals surface area contributed by atoms with Crippen molar-refractivity contribution in [2.24, 2.45) is 7.05 Å². The molecule has 0 spiro atoms. The summed E-state index contributed by atoms with van der Waals surface area (Å²) in [6, 6.07) is 11.4. The van der Waals surface area contributed by atoms with Gasteiger partial charge in [0.05, 0.1) is 5.69 Å². The first kappa shape index (κ1) is 20.2. The number of hydrogen-bond donors (Lipinski definition) is 1. The van der Waals surface area contributed by atoms with Gasteiger partial charge in [-0.3, -0.25) is 14.5 Å². The number of rotatable bonds is 6. The molecule has 0 aliphatic carbocycles. The van der Waals surface area contributed by atoms with Crippen LogP contribution in [-0.2, 0) is 11.8 Å². The number of aromatic nitrogens is 3. The zero-order chi connectivity index (χ0) is 20.8. The summed E-state index contributed by atoms with van der Waals surface area (Å²) in [6.45, 7) is 0. The van der Waals surface area contributed by atoms with Crippen LogP contribution in [0, 0.1) is 11.3 Å². The van der Waals surface area contributed by atoms with Crippen molar-refractivity contribution < 1.29 is 13.6 Å². The maximum atomic E-state index is 12.5. The maximum Gasteiger partial charge on any atom is 0.288 e. The summed E-state index contributed by atoms with van der Waals surface area (Å²) in [4.78, 5) is 16.9. The van der Waals surface area contributed by atoms with Gasteiger partial charge in [0.2, 0.25) is 0 Å². The lowest BCUT2D eigenvalue weighted by molar-refractivity contribution is -0.112. The van der Waals surface area contributed by atoms with Gasteiger partial charge in [-0.25, -0.2) is 0 Å². The van der Waals surface area contributed by atoms with Crippen LogP contribution in [0.4, 0.5) is 14.5 Å². The fourth-order valence-electron chi connectivity index (χ4n) is 2.57. The number of halogens is 2. The van der Waals surface area contributed by atoms with E-state index in [1.807, 2.05) is 6.07 Å². The lowest BCUT2D eigenvalue weighted by Gasteiger charge is -2.06. The Balaban J connectivity index is 1.82. The molecule has 3 rings (SSSR count). The number of nitrogens with zero attached hydrogens (tertiary/aromatic N) is 4. The van der Waals surface area contributed by atoms with Gasteiger partial charge in [-0.15, -0.1) is 0 Å². The minimum Gasteiger partial charge on any atom is -0.321 e. The van der Waals surface area contributed by atoms with Crippen molar-refractivity contribution in [1.29, 1.82) is 5.26 Å². The molecule has 1 N–H and O–H groups in total. The van der Waals surface area contributed by atoms with Crippen molar-refractivity contribution in [2.75, 3.05) is 5.32 Å². The highest BCUT2D eigenvalue weighted by Crippen LogP contribution is 2.27. The molecule has 6 nitrogen and oxygen atoms in total. The van der Waals surface area contributed by atoms with Gasteiger partial charge in [-0.1, -0.05) is 11.8 Å². The third kappa shape index (κ3) is 5.27. The van der Waals surface area contributed by atoms with Crippen LogP contribution < -0.4 is 5.32 Å². The first-order valence-electron chi connectivity index (χ1n) is 8.38. The summed E-state index contributed by atoms with van der Waals surface area (Å²) in [5.41, 5.74) is 2.31. The zero-order valence-corrected chi connectivity index (χ0v) is 16.0. The largest absolute Gasteiger partial charge is 0.321 e. The van der Waals surface area contributed by atoms with E-state index in [4.69, 9.17) is 0 Å². The average Bonchev–Trinajstić information content (AvgIpc) is 3.08. The smallest absolute Gasteiger partial charge is 0.288 e. The molecule has 146 valence electrons. The van der Waals surface area contributed by atoms with E-state index in [-0.39, 0.29) is 5.57 Å². The van der Waals surface area contributed by atoms with E-state index in [0.29, 0.717) is 33.6 Å². The molecule has 29 heavy (non-hydrogen) atoms. The van der Waals surface area contributed by atoms with Crippen molar-refractivity contribution in [3.63, 3.8) is 0 Å². The summed E-state index contributed by atoms with van der Waals surface area (Å²) in [5.74, 6) is -3.12. The van der Waals surface area contributed by atoms with Crippen molar-refractivity contribution in [1.82, 2.24) is 14.8 Å². The van der Waals surface area contributed by atoms with Crippen LogP contribution in [0.25, 0.3) is 17.3 Å². The number of thioether (sulfide) groups is 1. The molecule has 2 aromatic heterocycles. The van der Waals surface area contributed by atoms with E-state index in [2.05, 4.69) is 15.4 Å². The van der Waals surface area contributed by atoms with Crippen LogP contribution in [-0.4, -0.2) is 26.4 Å². The van der Waals surface area contributed by atoms with E-state index >= 15 is 0 Å². The molecule has 0 saturated carbocycles. The molecule has 0 atom stereocenters. The second-order valence-electron chi connectivity index (χ2n) is 5.87. The number of benzene rings is 1. The number of carbonyl (C=O) groups is 1. The molecule has 0 aliphatic rings. The summed E-state index contributed by atoms with van der Waals surface area (Å²) in [6.07, 6.45) is 6.42. The molecule has 0 aliphatic heterocycles. The molecule has 0 saturated heterocycles. The molecular formula is C20H15F2N5OS. The van der Waals surface area contributed by atoms with Gasteiger partial charge in [0.25, 0.3) is 11.7 Å². The predicted octanol–water partition coefficient (Wildman–Crippen LogP) is 4.34. The van der Waals surface area contributed by atoms with Crippen LogP contribution in [0.1, 0.15) is 5.56 Å². The molecule has 0 unspecified atom stereocenters. The minimum absolute atomic E-state index is 0.112. The Morgan fingerprint density at radius 1 is 1.24 bits per heavy atom. The van der Waals surface area contributed by atoms with E-state index in [1.165, 1.54) is 30.3 Å². The number of nitrogens with one attached hydrogen (secondary N) is 1. The number of amides is 1. The number of alkyl halides is 2. The summed E-state index contributed by atoms with van der Waals surface area (Å²) < 4.78 is 26.4. The molecule has 0 bridgehead atoms. The van der Waals surface area contributed by atoms with E-state index in [0.717, 1.165) is 5.56 Å². The number of nitriles is 1. The quantitative estimate of drug-likeness (QED) is 0.371. The number of carbonyl (C=O) groups excluding carboxylic acids is 1. The monoisotopic (exact) mass is 411 g/mol. The van der Waals surface area contributed by atoms with Crippen LogP contribution >= 0.6 is 11.8 Å². The second kappa shape index (κ2) is 9.12. The van der Waals surface area contributed by atoms with E-state index < -0.39 is 11.7 Å². The van der Waals surface area contributed by atoms with Gasteiger partial charge < -0.3 is 5.32 Å². The van der Waals surface area contributed by atoms with Crippen molar-refractivity contribution in [2.45, 2.75) is 10.7 Å². The molecule has 9 heteroatoms. The highest BCUT2D eigenvalue weighted by molar-refractivity contribution is 7.99. The van der Waals surface area contributed by atoms with Crippen LogP contribution in [0.3, 0.4) is 0 Å². The maximum absolute atomic E-state index is 12.5. The lowest BCUT2D eigenvalue weighted by atomic mass is 10.1. The van der Waals surface area contributed by atoms with Gasteiger partial charge in [-0.2, -0.15) is 19.1 Å². The van der Waals surface area contributed by atoms with Gasteiger partial charge in [0.1, 0.15) is 11.6 Å². The van der Waals surface area contributed by atoms with Crippen molar-refractivity contribution >= 4 is 29.4 Å². The van der Waals surface area contributed by atoms with Crippen LogP contribution in [0.15, 0.2) is 65.5 Å². The fourth-order valence-corrected chi connectivity index (χ4v) is 3.07. The Kier molecular flexibility index (Phi) is 6.36. The molecule has 1 aromatic carbocycles. The Morgan fingerprint density at radius 3 is 2.55 bits per heavy atom. The molecule has 0 radical (unpaired) electrons. The lowest BCUT2D eigenvalue weighted by Crippen LogP contribution is -2.13. The van der Waals surface area contributed by atoms with Gasteiger partial charge in [-0.05, 0) is 42.5 Å². The summed E-state index contributed by atoms with van der Waals surface area (Å²) >= 11 is 0.417. The summed E-state index contributed by atoms with van der Waals surface area (Å²) in [5, 5.41) is 16.4. The minimum atomic E-state index is -2.52. The number of pyridine rings is 1. The van der Waals surface area contributed by atoms with E-state index in [9.17, 15) is 18.8 Å². The molecule has 3 aromatic rings. The highest BCUT2D eigenvalue weighted by atomic mass is 32.2. The molecule has 2 heterocycles. The van der Waals surface area contributed by atoms with Crippen LogP contribution in [0.2, 0.25) is 0 Å². The molecule has 1 amide bonds. The Labute approximate surface area is 169 Å². The molecular weight excluding hydrogens is 396 g/mol. The Morgan fingerprint density at radius 2 is 1.93 bits per heavy atom. The predicted molar refractivity (Wildman–Crippen MR) is 107 cm³/mol. The average molecular weight is 411 g/mol. The first-order chi connectivity index (χ1) is 14.0. The Hall–Kier alpha value is -3.51. The third-order valence-electron chi connectivity index (χ3n) is 3.81. The van der Waals surface area contributed by atoms with E-state index in [1.54, 1.807) is 42.5 Å². The number of hydrogen-bond acceptors (Lipinski definition) is 5. The third-order valence-corrected chi connectivity index (χ3v) is 4.54. The van der Waals surface area contributed by atoms with Gasteiger partial charge >= 0.3 is 0 Å². The van der Waals surface area contributed by atoms with Crippen molar-refractivity contribution in [3.8, 4) is 17.3 Å². The topological polar surface area (TPSA) is 83.6 Å². The Bertz CT molecular complexity index is 1070. The number of aryl methyl sites for hydroxylation is 1. The standard InChI is InChI=1S/C20H15F2N5OS/c1-27-12-15(18(26-27)13-6-8-24-9-7-13)10-14(11-23)19(28)25-16-2-4-17(5-3-16)29-20(21)22/h2-10,12,20H,1H3,(H,25,28)/b14-10-. The zero-order valence-electron chi connectivity index (χ0n) is 15.2. The number of anilines is 1. The van der Waals surface area contributed by atoms with Gasteiger partial charge in [0.15, 0.2) is 0 Å². The normalized spacial score (nSPS) is 11.3. The molecule has 0 fully saturated rings. The highest BCUT2D eigenvalue weighted by Gasteiger charge is 2.14. The van der Waals surface area contributed by atoms with Gasteiger partial charge in [0, 0.05) is 47.3 Å². The first-order valence-corrected chi connectivity index (χ1v) is 9.26. The second-order valence-corrected chi connectivity index (χ2v) is 6.93. The van der Waals surface area contributed by atoms with Crippen molar-refractivity contribution in [3.05, 3.63) is 66.1 Å². The summed E-state index contributed by atoms with van der Waals surface area (Å²) in [7, 11) is 1.74. The van der Waals surface area contributed by atoms with Crippen LogP contribution in [0.5, 0.6) is 0 Å². The SMILES string of the molecule is Cn1cc(/C=C(/C#N)C(=O)Nc2ccc(SC(F)F)cc2)c(-c2ccncc2)n1.